The molecule has 146 valence electrons. The first kappa shape index (κ1) is 18.4. The zero-order chi connectivity index (χ0) is 18.7. The van der Waals surface area contributed by atoms with Gasteiger partial charge in [0.1, 0.15) is 0 Å². The van der Waals surface area contributed by atoms with Crippen molar-refractivity contribution in [2.45, 2.75) is 37.5 Å². The molecule has 0 aromatic heterocycles. The Bertz CT molecular complexity index is 685. The molecular formula is C20H31N7. The van der Waals surface area contributed by atoms with Crippen LogP contribution in [0, 0.1) is 0 Å². The van der Waals surface area contributed by atoms with Crippen LogP contribution in [0.5, 0.6) is 0 Å². The van der Waals surface area contributed by atoms with E-state index in [0.29, 0.717) is 5.96 Å². The van der Waals surface area contributed by atoms with Crippen molar-refractivity contribution in [2.24, 2.45) is 16.5 Å². The molecule has 0 amide bonds. The maximum Gasteiger partial charge on any atom is 0.209 e. The van der Waals surface area contributed by atoms with Gasteiger partial charge in [0, 0.05) is 18.2 Å². The number of hydrogen-bond donors (Lipinski definition) is 4. The van der Waals surface area contributed by atoms with E-state index in [1.807, 2.05) is 12.1 Å². The van der Waals surface area contributed by atoms with Crippen molar-refractivity contribution in [2.75, 3.05) is 32.7 Å². The van der Waals surface area contributed by atoms with Gasteiger partial charge in [-0.15, -0.1) is 0 Å². The number of guanidine groups is 1. The van der Waals surface area contributed by atoms with E-state index in [9.17, 15) is 0 Å². The number of likely N-dealkylation sites (tertiary alicyclic amines) is 2. The molecule has 3 heterocycles. The maximum atomic E-state index is 6.21. The molecule has 0 spiro atoms. The topological polar surface area (TPSA) is 94.9 Å². The average Bonchev–Trinajstić information content (AvgIpc) is 3.33. The van der Waals surface area contributed by atoms with Crippen molar-refractivity contribution >= 4 is 12.0 Å². The number of nitrogens with zero attached hydrogens (tertiary/aromatic N) is 3. The summed E-state index contributed by atoms with van der Waals surface area (Å²) in [7, 11) is 0. The third-order valence-electron chi connectivity index (χ3n) is 5.92. The first-order valence-electron chi connectivity index (χ1n) is 10.0. The second kappa shape index (κ2) is 7.98. The van der Waals surface area contributed by atoms with E-state index in [-0.39, 0.29) is 0 Å². The minimum Gasteiger partial charge on any atom is -0.369 e. The van der Waals surface area contributed by atoms with E-state index >= 15 is 0 Å². The molecule has 7 nitrogen and oxygen atoms in total. The van der Waals surface area contributed by atoms with Gasteiger partial charge in [-0.05, 0) is 57.4 Å². The molecule has 0 aliphatic carbocycles. The van der Waals surface area contributed by atoms with Crippen LogP contribution in [-0.2, 0) is 5.79 Å². The molecule has 2 fully saturated rings. The Morgan fingerprint density at radius 2 is 1.81 bits per heavy atom. The molecule has 0 bridgehead atoms. The van der Waals surface area contributed by atoms with Gasteiger partial charge < -0.3 is 10.6 Å². The molecule has 1 aromatic carbocycles. The maximum absolute atomic E-state index is 6.21. The Morgan fingerprint density at radius 1 is 1.11 bits per heavy atom. The number of rotatable bonds is 5. The minimum atomic E-state index is -0.994. The number of hydrazine groups is 1. The van der Waals surface area contributed by atoms with Crippen LogP contribution in [-0.4, -0.2) is 54.5 Å². The van der Waals surface area contributed by atoms with Crippen molar-refractivity contribution in [3.8, 4) is 0 Å². The summed E-state index contributed by atoms with van der Waals surface area (Å²) in [4.78, 5) is 9.45. The monoisotopic (exact) mass is 369 g/mol. The van der Waals surface area contributed by atoms with Crippen LogP contribution in [0.4, 0.5) is 0 Å². The van der Waals surface area contributed by atoms with Gasteiger partial charge in [0.15, 0.2) is 0 Å². The van der Waals surface area contributed by atoms with Gasteiger partial charge in [0.05, 0.1) is 0 Å². The first-order valence-corrected chi connectivity index (χ1v) is 10.0. The van der Waals surface area contributed by atoms with Crippen LogP contribution in [0.15, 0.2) is 35.3 Å². The second-order valence-corrected chi connectivity index (χ2v) is 7.81. The summed E-state index contributed by atoms with van der Waals surface area (Å²) in [6.45, 7) is 6.06. The van der Waals surface area contributed by atoms with Crippen molar-refractivity contribution in [3.63, 3.8) is 0 Å². The summed E-state index contributed by atoms with van der Waals surface area (Å²) in [5.41, 5.74) is 19.5. The zero-order valence-electron chi connectivity index (χ0n) is 15.9. The highest BCUT2D eigenvalue weighted by molar-refractivity contribution is 5.79. The molecule has 0 radical (unpaired) electrons. The van der Waals surface area contributed by atoms with Gasteiger partial charge >= 0.3 is 0 Å². The lowest BCUT2D eigenvalue weighted by Gasteiger charge is -2.36. The lowest BCUT2D eigenvalue weighted by molar-refractivity contribution is 0.135. The van der Waals surface area contributed by atoms with Gasteiger partial charge in [0.2, 0.25) is 11.7 Å². The molecular weight excluding hydrogens is 338 g/mol. The fraction of sp³-hybridized carbons (Fsp3) is 0.550. The summed E-state index contributed by atoms with van der Waals surface area (Å²) in [5, 5.41) is 0. The van der Waals surface area contributed by atoms with Gasteiger partial charge in [-0.2, -0.15) is 5.43 Å². The predicted octanol–water partition coefficient (Wildman–Crippen LogP) is 0.752. The molecule has 1 atom stereocenters. The van der Waals surface area contributed by atoms with Crippen molar-refractivity contribution in [1.82, 2.24) is 20.7 Å². The number of nitrogens with one attached hydrogen (secondary N) is 2. The molecule has 3 aliphatic rings. The smallest absolute Gasteiger partial charge is 0.209 e. The molecule has 6 N–H and O–H groups in total. The molecule has 2 saturated heterocycles. The van der Waals surface area contributed by atoms with E-state index < -0.39 is 5.79 Å². The van der Waals surface area contributed by atoms with Gasteiger partial charge in [-0.3, -0.25) is 16.1 Å². The average molecular weight is 370 g/mol. The first-order chi connectivity index (χ1) is 13.1. The fourth-order valence-corrected chi connectivity index (χ4v) is 4.30. The number of hydrogen-bond acceptors (Lipinski definition) is 7. The van der Waals surface area contributed by atoms with E-state index in [1.165, 1.54) is 51.9 Å². The van der Waals surface area contributed by atoms with Crippen LogP contribution in [0.2, 0.25) is 0 Å². The van der Waals surface area contributed by atoms with E-state index in [2.05, 4.69) is 49.9 Å². The Balaban J connectivity index is 1.25. The molecule has 4 rings (SSSR count). The highest BCUT2D eigenvalue weighted by Gasteiger charge is 2.31. The number of nitrogens with two attached hydrogens (primary N) is 2. The Labute approximate surface area is 161 Å². The standard InChI is InChI=1S/C20H31N7/c21-19-23-20(22,25-24-19)17-7-5-16(6-8-17)4-3-11-26-14-9-18(10-15-26)27-12-1-2-13-27/h3-8,18,25H,1-2,9-15,22H2,(H3,21,23,24). The molecule has 3 aliphatic heterocycles. The van der Waals surface area contributed by atoms with E-state index in [1.54, 1.807) is 0 Å². The van der Waals surface area contributed by atoms with Crippen molar-refractivity contribution in [1.29, 1.82) is 0 Å². The summed E-state index contributed by atoms with van der Waals surface area (Å²) in [6.07, 6.45) is 9.84. The van der Waals surface area contributed by atoms with Crippen LogP contribution < -0.4 is 22.3 Å². The summed E-state index contributed by atoms with van der Waals surface area (Å²) in [5.74, 6) is -0.693. The highest BCUT2D eigenvalue weighted by Crippen LogP contribution is 2.22. The van der Waals surface area contributed by atoms with Crippen molar-refractivity contribution < 1.29 is 0 Å². The molecule has 0 saturated carbocycles. The Morgan fingerprint density at radius 3 is 2.44 bits per heavy atom. The normalized spacial score (nSPS) is 28.0. The highest BCUT2D eigenvalue weighted by atomic mass is 15.6. The van der Waals surface area contributed by atoms with Crippen LogP contribution in [0.3, 0.4) is 0 Å². The largest absolute Gasteiger partial charge is 0.369 e. The van der Waals surface area contributed by atoms with Crippen molar-refractivity contribution in [3.05, 3.63) is 41.5 Å². The van der Waals surface area contributed by atoms with E-state index in [4.69, 9.17) is 11.5 Å². The zero-order valence-corrected chi connectivity index (χ0v) is 15.9. The lowest BCUT2D eigenvalue weighted by atomic mass is 10.0. The van der Waals surface area contributed by atoms with Crippen LogP contribution in [0.1, 0.15) is 36.8 Å². The molecule has 27 heavy (non-hydrogen) atoms. The van der Waals surface area contributed by atoms with Crippen LogP contribution >= 0.6 is 0 Å². The van der Waals surface area contributed by atoms with Gasteiger partial charge in [-0.25, -0.2) is 4.99 Å². The minimum absolute atomic E-state index is 0.301. The summed E-state index contributed by atoms with van der Waals surface area (Å²) >= 11 is 0. The third kappa shape index (κ3) is 4.32. The van der Waals surface area contributed by atoms with Gasteiger partial charge in [-0.1, -0.05) is 36.4 Å². The van der Waals surface area contributed by atoms with Gasteiger partial charge in [0.25, 0.3) is 0 Å². The Kier molecular flexibility index (Phi) is 5.45. The summed E-state index contributed by atoms with van der Waals surface area (Å²) in [6, 6.07) is 8.91. The lowest BCUT2D eigenvalue weighted by Crippen LogP contribution is -2.50. The third-order valence-corrected chi connectivity index (χ3v) is 5.92. The number of benzene rings is 1. The molecule has 1 unspecified atom stereocenters. The fourth-order valence-electron chi connectivity index (χ4n) is 4.30. The SMILES string of the molecule is NC1=NC(N)(c2ccc(C=CCN3CCC(N4CCCC4)CC3)cc2)NN1. The quantitative estimate of drug-likeness (QED) is 0.612. The summed E-state index contributed by atoms with van der Waals surface area (Å²) < 4.78 is 0. The van der Waals surface area contributed by atoms with E-state index in [0.717, 1.165) is 23.7 Å². The molecule has 1 aromatic rings. The number of aliphatic imine (C=N–C) groups is 1. The predicted molar refractivity (Wildman–Crippen MR) is 110 cm³/mol. The number of piperidine rings is 1. The Hall–Kier alpha value is -1.93. The molecule has 7 heteroatoms. The second-order valence-electron chi connectivity index (χ2n) is 7.81. The van der Waals surface area contributed by atoms with Crippen LogP contribution in [0.25, 0.3) is 6.08 Å².